The minimum absolute atomic E-state index is 0.0450. The fourth-order valence-electron chi connectivity index (χ4n) is 5.25. The lowest BCUT2D eigenvalue weighted by Gasteiger charge is -2.30. The molecular weight excluding hydrogens is 602 g/mol. The third-order valence-electron chi connectivity index (χ3n) is 7.53. The van der Waals surface area contributed by atoms with Crippen LogP contribution in [-0.4, -0.2) is 42.2 Å². The molecule has 234 valence electrons. The quantitative estimate of drug-likeness (QED) is 0.0635. The highest BCUT2D eigenvalue weighted by atomic mass is 35.5. The summed E-state index contributed by atoms with van der Waals surface area (Å²) in [5.74, 6) is 0.588. The third kappa shape index (κ3) is 7.95. The predicted octanol–water partition coefficient (Wildman–Crippen LogP) is 7.76. The lowest BCUT2D eigenvalue weighted by molar-refractivity contribution is -0.128. The van der Waals surface area contributed by atoms with Crippen LogP contribution >= 0.6 is 11.6 Å². The van der Waals surface area contributed by atoms with Crippen molar-refractivity contribution in [1.29, 1.82) is 0 Å². The van der Waals surface area contributed by atoms with Gasteiger partial charge in [0, 0.05) is 52.7 Å². The Balaban J connectivity index is 1.53. The van der Waals surface area contributed by atoms with Gasteiger partial charge in [0.1, 0.15) is 5.75 Å². The second kappa shape index (κ2) is 15.8. The van der Waals surface area contributed by atoms with Gasteiger partial charge in [0.05, 0.1) is 6.61 Å². The zero-order valence-corrected chi connectivity index (χ0v) is 25.9. The molecule has 2 atom stereocenters. The van der Waals surface area contributed by atoms with Gasteiger partial charge in [0.15, 0.2) is 11.6 Å². The molecule has 1 aliphatic heterocycles. The summed E-state index contributed by atoms with van der Waals surface area (Å²) in [5.41, 5.74) is 11.4. The molecule has 4 aromatic carbocycles. The number of benzene rings is 4. The van der Waals surface area contributed by atoms with Crippen molar-refractivity contribution in [2.75, 3.05) is 19.8 Å². The number of azide groups is 1. The maximum absolute atomic E-state index is 14.4. The number of carbonyl (C=O) groups excluding carboxylic acids is 1. The minimum atomic E-state index is -1.44. The highest BCUT2D eigenvalue weighted by Gasteiger charge is 2.53. The van der Waals surface area contributed by atoms with E-state index in [9.17, 15) is 10.3 Å². The third-order valence-corrected chi connectivity index (χ3v) is 7.76. The van der Waals surface area contributed by atoms with E-state index in [1.54, 1.807) is 30.3 Å². The maximum atomic E-state index is 14.4. The van der Waals surface area contributed by atoms with Gasteiger partial charge in [-0.05, 0) is 59.5 Å². The summed E-state index contributed by atoms with van der Waals surface area (Å²) < 4.78 is 12.3. The molecule has 5 rings (SSSR count). The molecule has 0 spiro atoms. The van der Waals surface area contributed by atoms with E-state index in [-0.39, 0.29) is 24.8 Å². The molecule has 0 aliphatic carbocycles. The van der Waals surface area contributed by atoms with Crippen molar-refractivity contribution in [2.45, 2.75) is 30.9 Å². The van der Waals surface area contributed by atoms with Crippen LogP contribution in [0.3, 0.4) is 0 Å². The fourth-order valence-corrected chi connectivity index (χ4v) is 5.46. The summed E-state index contributed by atoms with van der Waals surface area (Å²) >= 11 is 6.18. The molecular formula is C36H34ClN5O4. The number of nitrogens with zero attached hydrogens (tertiary/aromatic N) is 4. The van der Waals surface area contributed by atoms with Gasteiger partial charge >= 0.3 is 0 Å². The molecule has 0 saturated carbocycles. The monoisotopic (exact) mass is 635 g/mol. The molecule has 46 heavy (non-hydrogen) atoms. The number of hydrogen-bond donors (Lipinski definition) is 2. The van der Waals surface area contributed by atoms with Gasteiger partial charge in [-0.1, -0.05) is 95.6 Å². The SMILES string of the molecule is [N-]=[N+]=Nc1ccccc1[C@H]1OC(c2ccc(OCCCO)cc2)=N[C@@]1(C/C=C/c1ccccc1)C(=O)NCCc1cccc(Cl)c1. The van der Waals surface area contributed by atoms with Gasteiger partial charge in [-0.2, -0.15) is 0 Å². The molecule has 0 saturated heterocycles. The molecule has 1 heterocycles. The normalized spacial score (nSPS) is 17.2. The predicted molar refractivity (Wildman–Crippen MR) is 180 cm³/mol. The van der Waals surface area contributed by atoms with Crippen LogP contribution < -0.4 is 10.1 Å². The Kier molecular flexibility index (Phi) is 11.1. The molecule has 9 nitrogen and oxygen atoms in total. The highest BCUT2D eigenvalue weighted by Crippen LogP contribution is 2.45. The van der Waals surface area contributed by atoms with E-state index in [1.165, 1.54) is 0 Å². The summed E-state index contributed by atoms with van der Waals surface area (Å²) in [4.78, 5) is 22.4. The van der Waals surface area contributed by atoms with Crippen molar-refractivity contribution in [3.05, 3.63) is 147 Å². The fraction of sp³-hybridized carbons (Fsp3) is 0.222. The first-order valence-corrected chi connectivity index (χ1v) is 15.4. The summed E-state index contributed by atoms with van der Waals surface area (Å²) in [6.45, 7) is 0.778. The Morgan fingerprint density at radius 2 is 1.85 bits per heavy atom. The number of rotatable bonds is 14. The average molecular weight is 636 g/mol. The molecule has 2 N–H and O–H groups in total. The number of halogens is 1. The lowest BCUT2D eigenvalue weighted by atomic mass is 9.83. The van der Waals surface area contributed by atoms with Gasteiger partial charge in [0.2, 0.25) is 5.90 Å². The van der Waals surface area contributed by atoms with E-state index >= 15 is 0 Å². The number of amides is 1. The van der Waals surface area contributed by atoms with E-state index < -0.39 is 11.6 Å². The molecule has 0 unspecified atom stereocenters. The molecule has 0 bridgehead atoms. The van der Waals surface area contributed by atoms with Crippen molar-refractivity contribution >= 4 is 35.2 Å². The Bertz CT molecular complexity index is 1740. The standard InChI is InChI=1S/C36H34ClN5O4/c37-29-13-6-11-27(25-29)20-22-39-35(44)36(21-7-12-26-9-2-1-3-10-26)33(31-14-4-5-15-32(31)41-42-38)46-34(40-36)28-16-18-30(19-17-28)45-24-8-23-43/h1-7,9-19,25,33,43H,8,20-24H2,(H,39,44)/b12-7+/t33-,36-/m1/s1. The molecule has 10 heteroatoms. The zero-order chi connectivity index (χ0) is 32.2. The van der Waals surface area contributed by atoms with Crippen LogP contribution in [-0.2, 0) is 16.0 Å². The molecule has 0 fully saturated rings. The summed E-state index contributed by atoms with van der Waals surface area (Å²) in [6, 6.07) is 31.6. The van der Waals surface area contributed by atoms with Crippen LogP contribution in [0.2, 0.25) is 5.02 Å². The highest BCUT2D eigenvalue weighted by molar-refractivity contribution is 6.30. The first-order valence-electron chi connectivity index (χ1n) is 15.0. The Morgan fingerprint density at radius 3 is 2.61 bits per heavy atom. The van der Waals surface area contributed by atoms with Gasteiger partial charge in [0.25, 0.3) is 5.91 Å². The van der Waals surface area contributed by atoms with Crippen LogP contribution in [0.15, 0.2) is 119 Å². The molecule has 1 amide bonds. The van der Waals surface area contributed by atoms with Gasteiger partial charge in [-0.25, -0.2) is 4.99 Å². The Hall–Kier alpha value is -5.08. The summed E-state index contributed by atoms with van der Waals surface area (Å²) in [6.07, 6.45) is 4.25. The molecule has 0 radical (unpaired) electrons. The summed E-state index contributed by atoms with van der Waals surface area (Å²) in [7, 11) is 0. The largest absolute Gasteiger partial charge is 0.494 e. The lowest BCUT2D eigenvalue weighted by Crippen LogP contribution is -2.48. The van der Waals surface area contributed by atoms with E-state index in [0.29, 0.717) is 53.6 Å². The number of aliphatic hydroxyl groups is 1. The zero-order valence-electron chi connectivity index (χ0n) is 25.1. The van der Waals surface area contributed by atoms with Gasteiger partial charge < -0.3 is 19.9 Å². The molecule has 1 aliphatic rings. The first kappa shape index (κ1) is 32.3. The number of carbonyl (C=O) groups is 1. The van der Waals surface area contributed by atoms with Crippen LogP contribution in [0.1, 0.15) is 41.2 Å². The summed E-state index contributed by atoms with van der Waals surface area (Å²) in [5, 5.41) is 16.7. The van der Waals surface area contributed by atoms with Crippen LogP contribution in [0.25, 0.3) is 16.5 Å². The van der Waals surface area contributed by atoms with Crippen molar-refractivity contribution in [3.63, 3.8) is 0 Å². The smallest absolute Gasteiger partial charge is 0.252 e. The van der Waals surface area contributed by atoms with Gasteiger partial charge in [-0.3, -0.25) is 4.79 Å². The van der Waals surface area contributed by atoms with E-state index in [0.717, 1.165) is 11.1 Å². The van der Waals surface area contributed by atoms with Crippen LogP contribution in [0.5, 0.6) is 5.75 Å². The van der Waals surface area contributed by atoms with Crippen molar-refractivity contribution < 1.29 is 19.4 Å². The van der Waals surface area contributed by atoms with Gasteiger partial charge in [-0.15, -0.1) is 0 Å². The number of aliphatic imine (C=N–C) groups is 1. The van der Waals surface area contributed by atoms with Crippen molar-refractivity contribution in [3.8, 4) is 5.75 Å². The minimum Gasteiger partial charge on any atom is -0.494 e. The number of ether oxygens (including phenoxy) is 2. The number of nitrogens with one attached hydrogen (secondary N) is 1. The Labute approximate surface area is 272 Å². The maximum Gasteiger partial charge on any atom is 0.252 e. The molecule has 4 aromatic rings. The number of hydrogen-bond acceptors (Lipinski definition) is 6. The van der Waals surface area contributed by atoms with Crippen LogP contribution in [0, 0.1) is 0 Å². The van der Waals surface area contributed by atoms with E-state index in [2.05, 4.69) is 15.3 Å². The topological polar surface area (TPSA) is 129 Å². The second-order valence-corrected chi connectivity index (χ2v) is 11.1. The van der Waals surface area contributed by atoms with E-state index in [1.807, 2.05) is 84.9 Å². The van der Waals surface area contributed by atoms with Crippen molar-refractivity contribution in [2.24, 2.45) is 10.1 Å². The van der Waals surface area contributed by atoms with Crippen molar-refractivity contribution in [1.82, 2.24) is 5.32 Å². The number of aliphatic hydroxyl groups excluding tert-OH is 1. The van der Waals surface area contributed by atoms with E-state index in [4.69, 9.17) is 31.2 Å². The first-order chi connectivity index (χ1) is 22.5. The Morgan fingerprint density at radius 1 is 1.07 bits per heavy atom. The molecule has 0 aromatic heterocycles. The average Bonchev–Trinajstić information content (AvgIpc) is 3.46. The van der Waals surface area contributed by atoms with Crippen LogP contribution in [0.4, 0.5) is 5.69 Å². The second-order valence-electron chi connectivity index (χ2n) is 10.7.